The van der Waals surface area contributed by atoms with Gasteiger partial charge in [-0.2, -0.15) is 0 Å². The summed E-state index contributed by atoms with van der Waals surface area (Å²) in [7, 11) is -1.62. The van der Waals surface area contributed by atoms with Gasteiger partial charge in [0.2, 0.25) is 0 Å². The molecular formula is C20H20N2O4S. The molecule has 7 heteroatoms. The maximum absolute atomic E-state index is 12.8. The third-order valence-electron chi connectivity index (χ3n) is 4.96. The lowest BCUT2D eigenvalue weighted by atomic mass is 10.2. The highest BCUT2D eigenvalue weighted by molar-refractivity contribution is 7.90. The van der Waals surface area contributed by atoms with Gasteiger partial charge in [0.25, 0.3) is 5.91 Å². The molecule has 1 amide bonds. The van der Waals surface area contributed by atoms with E-state index in [0.717, 1.165) is 35.1 Å². The fourth-order valence-corrected chi connectivity index (χ4v) is 4.15. The molecule has 0 fully saturated rings. The number of hydrogen-bond donors (Lipinski definition) is 0. The number of amides is 1. The molecule has 140 valence electrons. The maximum atomic E-state index is 12.8. The first-order valence-corrected chi connectivity index (χ1v) is 10.5. The Morgan fingerprint density at radius 3 is 2.44 bits per heavy atom. The lowest BCUT2D eigenvalue weighted by molar-refractivity contribution is 0.0712. The van der Waals surface area contributed by atoms with Crippen LogP contribution in [-0.2, 0) is 22.9 Å². The minimum absolute atomic E-state index is 0.0934. The maximum Gasteiger partial charge on any atom is 0.254 e. The van der Waals surface area contributed by atoms with E-state index in [2.05, 4.69) is 10.6 Å². The van der Waals surface area contributed by atoms with Crippen LogP contribution < -0.4 is 4.74 Å². The molecule has 0 N–H and O–H groups in total. The van der Waals surface area contributed by atoms with Gasteiger partial charge in [0.1, 0.15) is 5.75 Å². The third kappa shape index (κ3) is 3.19. The molecule has 1 aliphatic rings. The third-order valence-corrected chi connectivity index (χ3v) is 6.09. The van der Waals surface area contributed by atoms with Gasteiger partial charge >= 0.3 is 0 Å². The molecule has 0 radical (unpaired) electrons. The van der Waals surface area contributed by atoms with Crippen LogP contribution in [0.2, 0.25) is 0 Å². The second-order valence-electron chi connectivity index (χ2n) is 6.74. The molecule has 4 rings (SSSR count). The number of sulfone groups is 1. The Balaban J connectivity index is 1.59. The molecule has 0 saturated carbocycles. The van der Waals surface area contributed by atoms with Crippen LogP contribution in [0.3, 0.4) is 0 Å². The van der Waals surface area contributed by atoms with E-state index in [1.54, 1.807) is 24.1 Å². The summed E-state index contributed by atoms with van der Waals surface area (Å²) in [6.45, 7) is 1.84. The van der Waals surface area contributed by atoms with E-state index in [-0.39, 0.29) is 10.8 Å². The number of nitrogens with zero attached hydrogens (tertiary/aromatic N) is 2. The standard InChI is InChI=1S/C20H20N2O4S/c1-26-17-5-8-19-15(12-17)11-16-13-21(9-10-22(16)19)20(23)14-3-6-18(7-4-14)27(2,24)25/h3-8,11-12H,9-10,13H2,1-2H3. The Kier molecular flexibility index (Phi) is 4.19. The minimum Gasteiger partial charge on any atom is -0.497 e. The normalized spacial score (nSPS) is 14.2. The van der Waals surface area contributed by atoms with Crippen molar-refractivity contribution >= 4 is 26.6 Å². The molecule has 0 bridgehead atoms. The van der Waals surface area contributed by atoms with Crippen molar-refractivity contribution in [3.05, 3.63) is 59.8 Å². The summed E-state index contributed by atoms with van der Waals surface area (Å²) in [4.78, 5) is 14.8. The van der Waals surface area contributed by atoms with Gasteiger partial charge in [0, 0.05) is 41.5 Å². The number of hydrogen-bond acceptors (Lipinski definition) is 4. The second kappa shape index (κ2) is 6.42. The number of rotatable bonds is 3. The average molecular weight is 384 g/mol. The van der Waals surface area contributed by atoms with Crippen molar-refractivity contribution in [1.82, 2.24) is 9.47 Å². The Morgan fingerprint density at radius 2 is 1.78 bits per heavy atom. The molecule has 0 unspecified atom stereocenters. The molecule has 6 nitrogen and oxygen atoms in total. The van der Waals surface area contributed by atoms with E-state index in [0.29, 0.717) is 18.7 Å². The zero-order chi connectivity index (χ0) is 19.2. The smallest absolute Gasteiger partial charge is 0.254 e. The predicted molar refractivity (Wildman–Crippen MR) is 103 cm³/mol. The summed E-state index contributed by atoms with van der Waals surface area (Å²) in [6.07, 6.45) is 1.16. The van der Waals surface area contributed by atoms with Gasteiger partial charge in [0.15, 0.2) is 9.84 Å². The molecule has 3 aromatic rings. The van der Waals surface area contributed by atoms with Crippen molar-refractivity contribution in [3.63, 3.8) is 0 Å². The Bertz CT molecular complexity index is 1130. The molecule has 0 saturated heterocycles. The van der Waals surface area contributed by atoms with Crippen LogP contribution in [0.15, 0.2) is 53.4 Å². The van der Waals surface area contributed by atoms with Crippen molar-refractivity contribution in [1.29, 1.82) is 0 Å². The number of carbonyl (C=O) groups is 1. The first-order valence-electron chi connectivity index (χ1n) is 8.62. The van der Waals surface area contributed by atoms with Crippen LogP contribution >= 0.6 is 0 Å². The van der Waals surface area contributed by atoms with Gasteiger partial charge in [-0.3, -0.25) is 4.79 Å². The van der Waals surface area contributed by atoms with Crippen LogP contribution in [-0.4, -0.2) is 43.7 Å². The molecule has 2 heterocycles. The largest absolute Gasteiger partial charge is 0.497 e. The molecule has 0 atom stereocenters. The summed E-state index contributed by atoms with van der Waals surface area (Å²) in [6, 6.07) is 14.2. The monoisotopic (exact) mass is 384 g/mol. The van der Waals surface area contributed by atoms with E-state index in [4.69, 9.17) is 4.74 Å². The van der Waals surface area contributed by atoms with Crippen molar-refractivity contribution in [2.75, 3.05) is 19.9 Å². The highest BCUT2D eigenvalue weighted by atomic mass is 32.2. The number of ether oxygens (including phenoxy) is 1. The highest BCUT2D eigenvalue weighted by Gasteiger charge is 2.23. The molecular weight excluding hydrogens is 364 g/mol. The Morgan fingerprint density at radius 1 is 1.04 bits per heavy atom. The van der Waals surface area contributed by atoms with Gasteiger partial charge in [-0.1, -0.05) is 0 Å². The summed E-state index contributed by atoms with van der Waals surface area (Å²) < 4.78 is 30.7. The van der Waals surface area contributed by atoms with Gasteiger partial charge in [-0.25, -0.2) is 8.42 Å². The number of aromatic nitrogens is 1. The fraction of sp³-hybridized carbons (Fsp3) is 0.250. The molecule has 1 aromatic heterocycles. The van der Waals surface area contributed by atoms with E-state index in [9.17, 15) is 13.2 Å². The van der Waals surface area contributed by atoms with Crippen molar-refractivity contribution in [2.24, 2.45) is 0 Å². The van der Waals surface area contributed by atoms with Gasteiger partial charge in [-0.15, -0.1) is 0 Å². The van der Waals surface area contributed by atoms with Crippen LogP contribution in [0.5, 0.6) is 5.75 Å². The fourth-order valence-electron chi connectivity index (χ4n) is 3.52. The van der Waals surface area contributed by atoms with Crippen LogP contribution in [0, 0.1) is 0 Å². The molecule has 0 spiro atoms. The second-order valence-corrected chi connectivity index (χ2v) is 8.75. The van der Waals surface area contributed by atoms with E-state index >= 15 is 0 Å². The van der Waals surface area contributed by atoms with E-state index in [1.807, 2.05) is 18.2 Å². The van der Waals surface area contributed by atoms with Crippen LogP contribution in [0.25, 0.3) is 10.9 Å². The van der Waals surface area contributed by atoms with Gasteiger partial charge in [0.05, 0.1) is 18.6 Å². The Labute approximate surface area is 157 Å². The summed E-state index contributed by atoms with van der Waals surface area (Å²) in [5, 5.41) is 1.09. The number of benzene rings is 2. The van der Waals surface area contributed by atoms with Gasteiger partial charge in [-0.05, 0) is 48.5 Å². The lowest BCUT2D eigenvalue weighted by Gasteiger charge is -2.29. The minimum atomic E-state index is -3.27. The van der Waals surface area contributed by atoms with Crippen molar-refractivity contribution < 1.29 is 17.9 Å². The highest BCUT2D eigenvalue weighted by Crippen LogP contribution is 2.28. The predicted octanol–water partition coefficient (Wildman–Crippen LogP) is 2.71. The van der Waals surface area contributed by atoms with Crippen LogP contribution in [0.4, 0.5) is 0 Å². The number of methoxy groups -OCH3 is 1. The van der Waals surface area contributed by atoms with Gasteiger partial charge < -0.3 is 14.2 Å². The van der Waals surface area contributed by atoms with E-state index in [1.165, 1.54) is 12.1 Å². The summed E-state index contributed by atoms with van der Waals surface area (Å²) >= 11 is 0. The Hall–Kier alpha value is -2.80. The van der Waals surface area contributed by atoms with Crippen molar-refractivity contribution in [3.8, 4) is 5.75 Å². The number of carbonyl (C=O) groups excluding carboxylic acids is 1. The van der Waals surface area contributed by atoms with Crippen LogP contribution in [0.1, 0.15) is 16.1 Å². The first kappa shape index (κ1) is 17.6. The quantitative estimate of drug-likeness (QED) is 0.696. The lowest BCUT2D eigenvalue weighted by Crippen LogP contribution is -2.38. The van der Waals surface area contributed by atoms with Crippen molar-refractivity contribution in [2.45, 2.75) is 18.0 Å². The summed E-state index contributed by atoms with van der Waals surface area (Å²) in [5.41, 5.74) is 2.70. The number of fused-ring (bicyclic) bond motifs is 3. The molecule has 2 aromatic carbocycles. The topological polar surface area (TPSA) is 68.6 Å². The van der Waals surface area contributed by atoms with E-state index < -0.39 is 9.84 Å². The first-order chi connectivity index (χ1) is 12.9. The zero-order valence-electron chi connectivity index (χ0n) is 15.2. The zero-order valence-corrected chi connectivity index (χ0v) is 16.0. The average Bonchev–Trinajstić information content (AvgIpc) is 3.03. The molecule has 1 aliphatic heterocycles. The molecule has 0 aliphatic carbocycles. The SMILES string of the molecule is COc1ccc2c(c1)cc1n2CCN(C(=O)c2ccc(S(C)(=O)=O)cc2)C1. The summed E-state index contributed by atoms with van der Waals surface area (Å²) in [5.74, 6) is 0.716. The molecule has 27 heavy (non-hydrogen) atoms.